The molecule has 32 heavy (non-hydrogen) atoms. The van der Waals surface area contributed by atoms with Crippen molar-refractivity contribution in [2.75, 3.05) is 19.5 Å². The summed E-state index contributed by atoms with van der Waals surface area (Å²) in [4.78, 5) is 24.7. The molecule has 7 nitrogen and oxygen atoms in total. The van der Waals surface area contributed by atoms with Gasteiger partial charge in [-0.1, -0.05) is 23.7 Å². The first kappa shape index (κ1) is 23.3. The van der Waals surface area contributed by atoms with Crippen LogP contribution in [0.15, 0.2) is 70.2 Å². The zero-order chi connectivity index (χ0) is 23.1. The smallest absolute Gasteiger partial charge is 0.271 e. The molecule has 0 aliphatic carbocycles. The van der Waals surface area contributed by atoms with Gasteiger partial charge >= 0.3 is 0 Å². The quantitative estimate of drug-likeness (QED) is 0.336. The van der Waals surface area contributed by atoms with Crippen LogP contribution in [0.3, 0.4) is 0 Å². The molecule has 0 heterocycles. The number of anilines is 1. The van der Waals surface area contributed by atoms with E-state index in [0.29, 0.717) is 38.9 Å². The Morgan fingerprint density at radius 3 is 2.31 bits per heavy atom. The number of nitrogens with zero attached hydrogens (tertiary/aromatic N) is 1. The molecule has 0 aromatic heterocycles. The molecule has 0 saturated carbocycles. The Kier molecular flexibility index (Phi) is 7.86. The Morgan fingerprint density at radius 1 is 0.969 bits per heavy atom. The van der Waals surface area contributed by atoms with Crippen LogP contribution in [-0.4, -0.2) is 32.2 Å². The first-order chi connectivity index (χ1) is 15.4. The predicted molar refractivity (Wildman–Crippen MR) is 128 cm³/mol. The number of halogens is 2. The van der Waals surface area contributed by atoms with E-state index in [1.807, 2.05) is 0 Å². The summed E-state index contributed by atoms with van der Waals surface area (Å²) < 4.78 is 11.3. The van der Waals surface area contributed by atoms with E-state index in [1.54, 1.807) is 67.8 Å². The van der Waals surface area contributed by atoms with Gasteiger partial charge < -0.3 is 14.8 Å². The van der Waals surface area contributed by atoms with Crippen LogP contribution in [0.25, 0.3) is 0 Å². The van der Waals surface area contributed by atoms with E-state index < -0.39 is 5.91 Å². The van der Waals surface area contributed by atoms with E-state index >= 15 is 0 Å². The molecule has 9 heteroatoms. The second kappa shape index (κ2) is 10.8. The summed E-state index contributed by atoms with van der Waals surface area (Å²) in [5.74, 6) is 0.417. The van der Waals surface area contributed by atoms with E-state index in [9.17, 15) is 9.59 Å². The molecule has 2 amide bonds. The van der Waals surface area contributed by atoms with Crippen LogP contribution in [0.5, 0.6) is 11.5 Å². The van der Waals surface area contributed by atoms with Gasteiger partial charge in [0.25, 0.3) is 11.8 Å². The lowest BCUT2D eigenvalue weighted by Crippen LogP contribution is -2.18. The van der Waals surface area contributed by atoms with Crippen LogP contribution in [0.2, 0.25) is 5.02 Å². The average Bonchev–Trinajstić information content (AvgIpc) is 2.80. The van der Waals surface area contributed by atoms with E-state index in [0.717, 1.165) is 4.47 Å². The highest BCUT2D eigenvalue weighted by molar-refractivity contribution is 9.10. The van der Waals surface area contributed by atoms with Crippen LogP contribution in [-0.2, 0) is 0 Å². The molecule has 0 saturated heterocycles. The normalized spacial score (nSPS) is 10.6. The first-order valence-corrected chi connectivity index (χ1v) is 10.5. The molecule has 0 unspecified atom stereocenters. The summed E-state index contributed by atoms with van der Waals surface area (Å²) in [5.41, 5.74) is 4.39. The maximum Gasteiger partial charge on any atom is 0.271 e. The van der Waals surface area contributed by atoms with Crippen LogP contribution in [0, 0.1) is 0 Å². The number of hydrazone groups is 1. The molecular formula is C23H19BrClN3O4. The molecule has 3 aromatic rings. The first-order valence-electron chi connectivity index (χ1n) is 9.33. The molecule has 2 N–H and O–H groups in total. The van der Waals surface area contributed by atoms with Crippen LogP contribution in [0.1, 0.15) is 26.3 Å². The van der Waals surface area contributed by atoms with Crippen molar-refractivity contribution < 1.29 is 19.1 Å². The summed E-state index contributed by atoms with van der Waals surface area (Å²) in [6, 6.07) is 16.6. The third-order valence-corrected chi connectivity index (χ3v) is 5.35. The number of benzene rings is 3. The Morgan fingerprint density at radius 2 is 1.66 bits per heavy atom. The summed E-state index contributed by atoms with van der Waals surface area (Å²) in [6.45, 7) is 0. The maximum absolute atomic E-state index is 12.4. The van der Waals surface area contributed by atoms with E-state index in [-0.39, 0.29) is 5.91 Å². The van der Waals surface area contributed by atoms with Crippen molar-refractivity contribution in [3.05, 3.63) is 86.8 Å². The molecule has 0 fully saturated rings. The molecule has 0 bridgehead atoms. The fourth-order valence-electron chi connectivity index (χ4n) is 2.76. The van der Waals surface area contributed by atoms with Gasteiger partial charge in [0.2, 0.25) is 0 Å². The molecule has 3 rings (SSSR count). The molecule has 3 aromatic carbocycles. The van der Waals surface area contributed by atoms with Crippen molar-refractivity contribution in [3.8, 4) is 11.5 Å². The zero-order valence-corrected chi connectivity index (χ0v) is 19.5. The number of hydrogen-bond donors (Lipinski definition) is 2. The monoisotopic (exact) mass is 515 g/mol. The second-order valence-corrected chi connectivity index (χ2v) is 7.70. The number of amides is 2. The van der Waals surface area contributed by atoms with E-state index in [2.05, 4.69) is 31.8 Å². The van der Waals surface area contributed by atoms with E-state index in [1.165, 1.54) is 13.3 Å². The number of methoxy groups -OCH3 is 2. The molecule has 164 valence electrons. The number of rotatable bonds is 7. The van der Waals surface area contributed by atoms with Crippen molar-refractivity contribution in [1.82, 2.24) is 5.43 Å². The minimum absolute atomic E-state index is 0.336. The van der Waals surface area contributed by atoms with Gasteiger partial charge in [0.05, 0.1) is 35.5 Å². The third kappa shape index (κ3) is 5.66. The Bertz CT molecular complexity index is 1170. The topological polar surface area (TPSA) is 89.0 Å². The number of carbonyl (C=O) groups is 2. The van der Waals surface area contributed by atoms with Gasteiger partial charge in [0, 0.05) is 22.9 Å². The van der Waals surface area contributed by atoms with Gasteiger partial charge in [-0.3, -0.25) is 9.59 Å². The fraction of sp³-hybridized carbons (Fsp3) is 0.0870. The number of hydrogen-bond acceptors (Lipinski definition) is 5. The SMILES string of the molecule is COc1cc(OC)c(C=NNC(=O)c2ccc(NC(=O)c3ccccc3Cl)cc2)cc1Br. The molecular weight excluding hydrogens is 498 g/mol. The fourth-order valence-corrected chi connectivity index (χ4v) is 3.50. The van der Waals surface area contributed by atoms with Crippen molar-refractivity contribution >= 4 is 51.2 Å². The van der Waals surface area contributed by atoms with Gasteiger partial charge in [-0.2, -0.15) is 5.10 Å². The minimum atomic E-state index is -0.406. The summed E-state index contributed by atoms with van der Waals surface area (Å²) in [6.07, 6.45) is 1.47. The lowest BCUT2D eigenvalue weighted by Gasteiger charge is -2.09. The van der Waals surface area contributed by atoms with Crippen LogP contribution >= 0.6 is 27.5 Å². The predicted octanol–water partition coefficient (Wildman–Crippen LogP) is 5.14. The summed E-state index contributed by atoms with van der Waals surface area (Å²) in [5, 5.41) is 7.10. The van der Waals surface area contributed by atoms with Gasteiger partial charge in [-0.05, 0) is 58.4 Å². The molecule has 0 spiro atoms. The molecule has 0 aliphatic rings. The highest BCUT2D eigenvalue weighted by atomic mass is 79.9. The number of ether oxygens (including phenoxy) is 2. The minimum Gasteiger partial charge on any atom is -0.496 e. The Hall–Kier alpha value is -3.36. The highest BCUT2D eigenvalue weighted by Crippen LogP contribution is 2.31. The van der Waals surface area contributed by atoms with Gasteiger partial charge in [0.1, 0.15) is 11.5 Å². The Balaban J connectivity index is 1.63. The largest absolute Gasteiger partial charge is 0.496 e. The standard InChI is InChI=1S/C23H19BrClN3O4/c1-31-20-12-21(32-2)18(24)11-15(20)13-26-28-22(29)14-7-9-16(10-8-14)27-23(30)17-5-3-4-6-19(17)25/h3-13H,1-2H3,(H,27,30)(H,28,29). The molecule has 0 aliphatic heterocycles. The van der Waals surface area contributed by atoms with Crippen LogP contribution in [0.4, 0.5) is 5.69 Å². The number of nitrogens with one attached hydrogen (secondary N) is 2. The van der Waals surface area contributed by atoms with Gasteiger partial charge in [-0.15, -0.1) is 0 Å². The van der Waals surface area contributed by atoms with Gasteiger partial charge in [0.15, 0.2) is 0 Å². The van der Waals surface area contributed by atoms with Crippen molar-refractivity contribution in [2.24, 2.45) is 5.10 Å². The summed E-state index contributed by atoms with van der Waals surface area (Å²) in [7, 11) is 3.09. The Labute approximate surface area is 198 Å². The lowest BCUT2D eigenvalue weighted by atomic mass is 10.1. The third-order valence-electron chi connectivity index (χ3n) is 4.40. The van der Waals surface area contributed by atoms with Crippen molar-refractivity contribution in [1.29, 1.82) is 0 Å². The summed E-state index contributed by atoms with van der Waals surface area (Å²) >= 11 is 9.45. The maximum atomic E-state index is 12.4. The second-order valence-electron chi connectivity index (χ2n) is 6.44. The van der Waals surface area contributed by atoms with E-state index in [4.69, 9.17) is 21.1 Å². The van der Waals surface area contributed by atoms with Gasteiger partial charge in [-0.25, -0.2) is 5.43 Å². The zero-order valence-electron chi connectivity index (χ0n) is 17.2. The highest BCUT2D eigenvalue weighted by Gasteiger charge is 2.11. The molecule has 0 atom stereocenters. The van der Waals surface area contributed by atoms with Crippen LogP contribution < -0.4 is 20.2 Å². The number of carbonyl (C=O) groups excluding carboxylic acids is 2. The lowest BCUT2D eigenvalue weighted by molar-refractivity contribution is 0.0954. The average molecular weight is 517 g/mol. The molecule has 0 radical (unpaired) electrons. The van der Waals surface area contributed by atoms with Crippen molar-refractivity contribution in [2.45, 2.75) is 0 Å². The van der Waals surface area contributed by atoms with Crippen molar-refractivity contribution in [3.63, 3.8) is 0 Å².